The van der Waals surface area contributed by atoms with Crippen molar-refractivity contribution < 1.29 is 4.74 Å². The Hall–Kier alpha value is -2.03. The van der Waals surface area contributed by atoms with Crippen molar-refractivity contribution >= 4 is 5.90 Å². The third-order valence-electron chi connectivity index (χ3n) is 3.73. The van der Waals surface area contributed by atoms with Crippen LogP contribution in [0.1, 0.15) is 33.3 Å². The Morgan fingerprint density at radius 2 is 1.91 bits per heavy atom. The molecule has 0 saturated carbocycles. The van der Waals surface area contributed by atoms with Crippen molar-refractivity contribution in [3.8, 4) is 0 Å². The van der Waals surface area contributed by atoms with Gasteiger partial charge in [0.25, 0.3) is 0 Å². The fourth-order valence-corrected chi connectivity index (χ4v) is 1.86. The molecule has 1 aromatic rings. The topological polar surface area (TPSA) is 24.8 Å². The Morgan fingerprint density at radius 3 is 2.45 bits per heavy atom. The Morgan fingerprint density at radius 1 is 1.27 bits per heavy atom. The van der Waals surface area contributed by atoms with Gasteiger partial charge in [0, 0.05) is 18.7 Å². The number of hydrazone groups is 1. The van der Waals surface area contributed by atoms with Gasteiger partial charge in [0.2, 0.25) is 5.90 Å². The molecule has 120 valence electrons. The number of ether oxygens (including phenoxy) is 1. The summed E-state index contributed by atoms with van der Waals surface area (Å²) in [6, 6.07) is 10.4. The molecule has 3 heteroatoms. The highest BCUT2D eigenvalue weighted by Gasteiger charge is 2.13. The number of hydrogen-bond acceptors (Lipinski definition) is 3. The average Bonchev–Trinajstić information content (AvgIpc) is 2.51. The molecule has 0 amide bonds. The van der Waals surface area contributed by atoms with Gasteiger partial charge < -0.3 is 4.74 Å². The molecule has 0 saturated heterocycles. The zero-order valence-corrected chi connectivity index (χ0v) is 14.4. The zero-order valence-electron chi connectivity index (χ0n) is 14.4. The molecule has 0 spiro atoms. The Labute approximate surface area is 135 Å². The molecular weight excluding hydrogens is 272 g/mol. The summed E-state index contributed by atoms with van der Waals surface area (Å²) in [4.78, 5) is 0. The van der Waals surface area contributed by atoms with E-state index in [0.29, 0.717) is 24.5 Å². The van der Waals surface area contributed by atoms with Crippen LogP contribution in [0.15, 0.2) is 59.7 Å². The number of allylic oxidation sites excluding steroid dienone is 2. The summed E-state index contributed by atoms with van der Waals surface area (Å²) in [5.74, 6) is 1.16. The van der Waals surface area contributed by atoms with Crippen LogP contribution in [-0.4, -0.2) is 24.0 Å². The number of hydrogen-bond donors (Lipinski definition) is 0. The van der Waals surface area contributed by atoms with Gasteiger partial charge in [0.05, 0.1) is 0 Å². The smallest absolute Gasteiger partial charge is 0.234 e. The molecule has 3 nitrogen and oxygen atoms in total. The SMILES string of the molecule is C=C/C=C(C)/C(=N\N(C)C(C)C(C)C)OCc1ccccc1. The predicted octanol–water partition coefficient (Wildman–Crippen LogP) is 4.63. The lowest BCUT2D eigenvalue weighted by Crippen LogP contribution is -2.30. The number of nitrogens with zero attached hydrogens (tertiary/aromatic N) is 2. The van der Waals surface area contributed by atoms with Gasteiger partial charge in [-0.2, -0.15) is 0 Å². The lowest BCUT2D eigenvalue weighted by atomic mass is 10.1. The first kappa shape index (κ1) is 18.0. The van der Waals surface area contributed by atoms with Crippen LogP contribution >= 0.6 is 0 Å². The maximum atomic E-state index is 5.94. The van der Waals surface area contributed by atoms with Crippen molar-refractivity contribution in [1.82, 2.24) is 5.01 Å². The lowest BCUT2D eigenvalue weighted by molar-refractivity contribution is 0.200. The normalized spacial score (nSPS) is 13.9. The molecule has 0 aliphatic carbocycles. The highest BCUT2D eigenvalue weighted by atomic mass is 16.5. The van der Waals surface area contributed by atoms with Crippen molar-refractivity contribution in [2.24, 2.45) is 11.0 Å². The maximum Gasteiger partial charge on any atom is 0.234 e. The maximum absolute atomic E-state index is 5.94. The van der Waals surface area contributed by atoms with Crippen LogP contribution < -0.4 is 0 Å². The van der Waals surface area contributed by atoms with E-state index in [9.17, 15) is 0 Å². The van der Waals surface area contributed by atoms with Crippen molar-refractivity contribution in [3.63, 3.8) is 0 Å². The fraction of sp³-hybridized carbons (Fsp3) is 0.421. The number of rotatable bonds is 7. The van der Waals surface area contributed by atoms with E-state index in [0.717, 1.165) is 11.1 Å². The first-order valence-electron chi connectivity index (χ1n) is 7.73. The number of benzene rings is 1. The Bertz CT molecular complexity index is 517. The van der Waals surface area contributed by atoms with Crippen LogP contribution in [-0.2, 0) is 11.3 Å². The monoisotopic (exact) mass is 300 g/mol. The van der Waals surface area contributed by atoms with Crippen molar-refractivity contribution in [2.45, 2.75) is 40.3 Å². The van der Waals surface area contributed by atoms with Crippen LogP contribution in [0.2, 0.25) is 0 Å². The first-order chi connectivity index (χ1) is 10.5. The van der Waals surface area contributed by atoms with Gasteiger partial charge in [-0.3, -0.25) is 5.01 Å². The van der Waals surface area contributed by atoms with Gasteiger partial charge in [-0.15, -0.1) is 5.10 Å². The third-order valence-corrected chi connectivity index (χ3v) is 3.73. The van der Waals surface area contributed by atoms with E-state index in [1.165, 1.54) is 0 Å². The summed E-state index contributed by atoms with van der Waals surface area (Å²) in [5, 5.41) is 6.61. The lowest BCUT2D eigenvalue weighted by Gasteiger charge is -2.26. The Balaban J connectivity index is 2.88. The van der Waals surface area contributed by atoms with E-state index in [1.54, 1.807) is 6.08 Å². The van der Waals surface area contributed by atoms with E-state index in [2.05, 4.69) is 32.5 Å². The molecule has 1 unspecified atom stereocenters. The summed E-state index contributed by atoms with van der Waals surface area (Å²) in [5.41, 5.74) is 2.09. The van der Waals surface area contributed by atoms with Gasteiger partial charge >= 0.3 is 0 Å². The average molecular weight is 300 g/mol. The van der Waals surface area contributed by atoms with Crippen LogP contribution in [0.3, 0.4) is 0 Å². The van der Waals surface area contributed by atoms with E-state index in [4.69, 9.17) is 4.74 Å². The second-order valence-corrected chi connectivity index (χ2v) is 5.82. The van der Waals surface area contributed by atoms with E-state index in [1.807, 2.05) is 55.4 Å². The summed E-state index contributed by atoms with van der Waals surface area (Å²) in [6.45, 7) is 12.8. The second-order valence-electron chi connectivity index (χ2n) is 5.82. The molecule has 0 radical (unpaired) electrons. The molecule has 0 fully saturated rings. The molecule has 0 N–H and O–H groups in total. The summed E-state index contributed by atoms with van der Waals surface area (Å²) >= 11 is 0. The molecule has 1 aromatic carbocycles. The molecule has 0 bridgehead atoms. The third kappa shape index (κ3) is 5.76. The quantitative estimate of drug-likeness (QED) is 0.317. The first-order valence-corrected chi connectivity index (χ1v) is 7.73. The van der Waals surface area contributed by atoms with Crippen molar-refractivity contribution in [1.29, 1.82) is 0 Å². The van der Waals surface area contributed by atoms with E-state index in [-0.39, 0.29) is 0 Å². The summed E-state index contributed by atoms with van der Waals surface area (Å²) in [7, 11) is 1.98. The van der Waals surface area contributed by atoms with Gasteiger partial charge in [-0.05, 0) is 25.3 Å². The summed E-state index contributed by atoms with van der Waals surface area (Å²) < 4.78 is 5.94. The molecule has 0 aliphatic rings. The molecule has 1 atom stereocenters. The molecule has 1 rings (SSSR count). The van der Waals surface area contributed by atoms with Gasteiger partial charge in [-0.1, -0.05) is 62.9 Å². The van der Waals surface area contributed by atoms with Crippen LogP contribution in [0.25, 0.3) is 0 Å². The molecular formula is C19H28N2O. The van der Waals surface area contributed by atoms with Crippen molar-refractivity contribution in [3.05, 3.63) is 60.2 Å². The molecule has 0 heterocycles. The van der Waals surface area contributed by atoms with Crippen LogP contribution in [0.5, 0.6) is 0 Å². The summed E-state index contributed by atoms with van der Waals surface area (Å²) in [6.07, 6.45) is 3.67. The van der Waals surface area contributed by atoms with Crippen molar-refractivity contribution in [2.75, 3.05) is 7.05 Å². The molecule has 0 aliphatic heterocycles. The highest BCUT2D eigenvalue weighted by molar-refractivity contribution is 5.93. The molecule has 0 aromatic heterocycles. The largest absolute Gasteiger partial charge is 0.472 e. The van der Waals surface area contributed by atoms with Gasteiger partial charge in [0.1, 0.15) is 6.61 Å². The van der Waals surface area contributed by atoms with Gasteiger partial charge in [-0.25, -0.2) is 0 Å². The van der Waals surface area contributed by atoms with E-state index >= 15 is 0 Å². The van der Waals surface area contributed by atoms with E-state index < -0.39 is 0 Å². The van der Waals surface area contributed by atoms with Crippen LogP contribution in [0.4, 0.5) is 0 Å². The van der Waals surface area contributed by atoms with Crippen LogP contribution in [0, 0.1) is 5.92 Å². The minimum Gasteiger partial charge on any atom is -0.472 e. The minimum atomic E-state index is 0.340. The fourth-order valence-electron chi connectivity index (χ4n) is 1.86. The highest BCUT2D eigenvalue weighted by Crippen LogP contribution is 2.12. The Kier molecular flexibility index (Phi) is 7.44. The predicted molar refractivity (Wildman–Crippen MR) is 94.7 cm³/mol. The standard InChI is InChI=1S/C19H28N2O/c1-7-11-16(4)19(20-21(6)17(5)15(2)3)22-14-18-12-9-8-10-13-18/h7-13,15,17H,1,14H2,2-6H3/b16-11+,20-19+. The molecule has 22 heavy (non-hydrogen) atoms. The second kappa shape index (κ2) is 9.08. The zero-order chi connectivity index (χ0) is 16.5. The van der Waals surface area contributed by atoms with Gasteiger partial charge in [0.15, 0.2) is 0 Å². The minimum absolute atomic E-state index is 0.340.